The van der Waals surface area contributed by atoms with Crippen molar-refractivity contribution in [3.8, 4) is 17.6 Å². The first kappa shape index (κ1) is 20.0. The Kier molecular flexibility index (Phi) is 7.74. The van der Waals surface area contributed by atoms with Gasteiger partial charge < -0.3 is 14.8 Å². The van der Waals surface area contributed by atoms with Crippen LogP contribution in [0.15, 0.2) is 84.9 Å². The fourth-order valence-electron chi connectivity index (χ4n) is 2.54. The molecule has 0 aliphatic rings. The molecule has 0 fully saturated rings. The van der Waals surface area contributed by atoms with Crippen LogP contribution in [0.3, 0.4) is 0 Å². The minimum Gasteiger partial charge on any atom is -0.489 e. The van der Waals surface area contributed by atoms with Crippen LogP contribution < -0.4 is 10.1 Å². The van der Waals surface area contributed by atoms with Crippen molar-refractivity contribution in [1.82, 2.24) is 5.32 Å². The predicted octanol–water partition coefficient (Wildman–Crippen LogP) is 4.93. The smallest absolute Gasteiger partial charge is 0.407 e. The summed E-state index contributed by atoms with van der Waals surface area (Å²) in [6.45, 7) is 1.24. The van der Waals surface area contributed by atoms with Gasteiger partial charge in [-0.1, -0.05) is 72.5 Å². The monoisotopic (exact) mass is 385 g/mol. The minimum absolute atomic E-state index is 0.261. The van der Waals surface area contributed by atoms with Gasteiger partial charge in [-0.2, -0.15) is 0 Å². The molecule has 0 radical (unpaired) electrons. The maximum Gasteiger partial charge on any atom is 0.407 e. The lowest BCUT2D eigenvalue weighted by Gasteiger charge is -2.06. The third kappa shape index (κ3) is 7.43. The Morgan fingerprint density at radius 3 is 2.07 bits per heavy atom. The van der Waals surface area contributed by atoms with E-state index in [1.54, 1.807) is 0 Å². The van der Waals surface area contributed by atoms with Gasteiger partial charge in [0, 0.05) is 18.5 Å². The molecule has 0 aromatic heterocycles. The zero-order valence-electron chi connectivity index (χ0n) is 16.1. The summed E-state index contributed by atoms with van der Waals surface area (Å²) in [5.41, 5.74) is 2.99. The number of alkyl carbamates (subject to hydrolysis) is 1. The SMILES string of the molecule is O=C(NCCC#Cc1ccc(OCc2ccccc2)cc1)OCc1ccccc1. The lowest BCUT2D eigenvalue weighted by atomic mass is 10.2. The Balaban J connectivity index is 1.34. The maximum absolute atomic E-state index is 11.7. The number of rotatable bonds is 7. The lowest BCUT2D eigenvalue weighted by Crippen LogP contribution is -2.24. The first-order valence-electron chi connectivity index (χ1n) is 9.50. The van der Waals surface area contributed by atoms with Crippen molar-refractivity contribution in [2.45, 2.75) is 19.6 Å². The number of carbonyl (C=O) groups excluding carboxylic acids is 1. The van der Waals surface area contributed by atoms with Gasteiger partial charge >= 0.3 is 6.09 Å². The van der Waals surface area contributed by atoms with E-state index in [1.807, 2.05) is 84.9 Å². The number of nitrogens with one attached hydrogen (secondary N) is 1. The van der Waals surface area contributed by atoms with E-state index in [0.717, 1.165) is 22.4 Å². The number of carbonyl (C=O) groups is 1. The molecule has 0 atom stereocenters. The highest BCUT2D eigenvalue weighted by molar-refractivity contribution is 5.67. The summed E-state index contributed by atoms with van der Waals surface area (Å²) >= 11 is 0. The van der Waals surface area contributed by atoms with E-state index in [9.17, 15) is 4.79 Å². The molecular formula is C25H23NO3. The van der Waals surface area contributed by atoms with Crippen LogP contribution in [0.1, 0.15) is 23.1 Å². The Morgan fingerprint density at radius 1 is 0.793 bits per heavy atom. The van der Waals surface area contributed by atoms with Gasteiger partial charge in [-0.05, 0) is 35.4 Å². The average molecular weight is 385 g/mol. The Hall–Kier alpha value is -3.71. The second-order valence-corrected chi connectivity index (χ2v) is 6.34. The normalized spacial score (nSPS) is 9.79. The molecule has 0 bridgehead atoms. The van der Waals surface area contributed by atoms with E-state index in [0.29, 0.717) is 19.6 Å². The van der Waals surface area contributed by atoms with E-state index in [1.165, 1.54) is 0 Å². The van der Waals surface area contributed by atoms with Crippen LogP contribution in [0.4, 0.5) is 4.79 Å². The molecule has 3 rings (SSSR count). The van der Waals surface area contributed by atoms with Gasteiger partial charge in [-0.3, -0.25) is 0 Å². The van der Waals surface area contributed by atoms with E-state index in [4.69, 9.17) is 9.47 Å². The number of hydrogen-bond donors (Lipinski definition) is 1. The van der Waals surface area contributed by atoms with Crippen LogP contribution in [0.2, 0.25) is 0 Å². The van der Waals surface area contributed by atoms with Gasteiger partial charge in [-0.15, -0.1) is 0 Å². The predicted molar refractivity (Wildman–Crippen MR) is 113 cm³/mol. The summed E-state index contributed by atoms with van der Waals surface area (Å²) in [6, 6.07) is 27.3. The van der Waals surface area contributed by atoms with Gasteiger partial charge in [0.1, 0.15) is 19.0 Å². The molecule has 4 nitrogen and oxygen atoms in total. The number of hydrogen-bond acceptors (Lipinski definition) is 3. The van der Waals surface area contributed by atoms with Crippen molar-refractivity contribution in [2.24, 2.45) is 0 Å². The average Bonchev–Trinajstić information content (AvgIpc) is 2.78. The van der Waals surface area contributed by atoms with E-state index < -0.39 is 6.09 Å². The van der Waals surface area contributed by atoms with E-state index in [-0.39, 0.29) is 6.61 Å². The molecule has 29 heavy (non-hydrogen) atoms. The summed E-state index contributed by atoms with van der Waals surface area (Å²) in [6.07, 6.45) is 0.114. The van der Waals surface area contributed by atoms with Crippen molar-refractivity contribution < 1.29 is 14.3 Å². The van der Waals surface area contributed by atoms with Crippen molar-refractivity contribution in [1.29, 1.82) is 0 Å². The highest BCUT2D eigenvalue weighted by Gasteiger charge is 2.00. The molecule has 3 aromatic rings. The summed E-state index contributed by atoms with van der Waals surface area (Å²) in [5.74, 6) is 6.93. The second kappa shape index (κ2) is 11.2. The Labute approximate surface area is 171 Å². The number of benzene rings is 3. The molecule has 0 saturated carbocycles. The molecule has 0 aliphatic heterocycles. The molecule has 4 heteroatoms. The Morgan fingerprint density at radius 2 is 1.41 bits per heavy atom. The third-order valence-corrected chi connectivity index (χ3v) is 4.07. The zero-order valence-corrected chi connectivity index (χ0v) is 16.1. The standard InChI is InChI=1S/C25H23NO3/c27-25(29-20-23-12-5-2-6-13-23)26-18-8-7-9-21-14-16-24(17-15-21)28-19-22-10-3-1-4-11-22/h1-6,10-17H,8,18-20H2,(H,26,27). The molecule has 0 saturated heterocycles. The molecular weight excluding hydrogens is 362 g/mol. The van der Waals surface area contributed by atoms with Crippen LogP contribution in [0.25, 0.3) is 0 Å². The molecule has 0 unspecified atom stereocenters. The first-order valence-corrected chi connectivity index (χ1v) is 9.50. The van der Waals surface area contributed by atoms with E-state index >= 15 is 0 Å². The lowest BCUT2D eigenvalue weighted by molar-refractivity contribution is 0.140. The maximum atomic E-state index is 11.7. The van der Waals surface area contributed by atoms with Crippen molar-refractivity contribution >= 4 is 6.09 Å². The summed E-state index contributed by atoms with van der Waals surface area (Å²) in [4.78, 5) is 11.7. The van der Waals surface area contributed by atoms with Crippen LogP contribution in [-0.4, -0.2) is 12.6 Å². The van der Waals surface area contributed by atoms with Gasteiger partial charge in [0.25, 0.3) is 0 Å². The largest absolute Gasteiger partial charge is 0.489 e. The zero-order chi connectivity index (χ0) is 20.2. The summed E-state index contributed by atoms with van der Waals surface area (Å²) < 4.78 is 10.9. The highest BCUT2D eigenvalue weighted by Crippen LogP contribution is 2.13. The highest BCUT2D eigenvalue weighted by atomic mass is 16.5. The van der Waals surface area contributed by atoms with Crippen molar-refractivity contribution in [3.05, 3.63) is 102 Å². The quantitative estimate of drug-likeness (QED) is 0.463. The topological polar surface area (TPSA) is 47.6 Å². The van der Waals surface area contributed by atoms with Crippen molar-refractivity contribution in [2.75, 3.05) is 6.54 Å². The van der Waals surface area contributed by atoms with E-state index in [2.05, 4.69) is 17.2 Å². The molecule has 0 aliphatic carbocycles. The van der Waals surface area contributed by atoms with Crippen LogP contribution in [0, 0.1) is 11.8 Å². The first-order chi connectivity index (χ1) is 14.3. The van der Waals surface area contributed by atoms with Gasteiger partial charge in [0.15, 0.2) is 0 Å². The van der Waals surface area contributed by atoms with Crippen LogP contribution in [-0.2, 0) is 18.0 Å². The van der Waals surface area contributed by atoms with Gasteiger partial charge in [0.2, 0.25) is 0 Å². The number of ether oxygens (including phenoxy) is 2. The molecule has 0 spiro atoms. The Bertz CT molecular complexity index is 942. The summed E-state index contributed by atoms with van der Waals surface area (Å²) in [5, 5.41) is 2.70. The molecule has 0 heterocycles. The van der Waals surface area contributed by atoms with Crippen LogP contribution in [0.5, 0.6) is 5.75 Å². The second-order valence-electron chi connectivity index (χ2n) is 6.34. The number of amides is 1. The summed E-state index contributed by atoms with van der Waals surface area (Å²) in [7, 11) is 0. The fourth-order valence-corrected chi connectivity index (χ4v) is 2.54. The minimum atomic E-state index is -0.435. The molecule has 1 N–H and O–H groups in total. The molecule has 3 aromatic carbocycles. The molecule has 146 valence electrons. The van der Waals surface area contributed by atoms with Crippen LogP contribution >= 0.6 is 0 Å². The third-order valence-electron chi connectivity index (χ3n) is 4.07. The molecule has 1 amide bonds. The van der Waals surface area contributed by atoms with Gasteiger partial charge in [-0.25, -0.2) is 4.79 Å². The fraction of sp³-hybridized carbons (Fsp3) is 0.160. The van der Waals surface area contributed by atoms with Gasteiger partial charge in [0.05, 0.1) is 0 Å². The van der Waals surface area contributed by atoms with Crippen molar-refractivity contribution in [3.63, 3.8) is 0 Å².